The quantitative estimate of drug-likeness (QED) is 0.491. The van der Waals surface area contributed by atoms with Gasteiger partial charge in [-0.05, 0) is 61.2 Å². The van der Waals surface area contributed by atoms with Crippen molar-refractivity contribution >= 4 is 22.5 Å². The molecule has 3 aromatic rings. The average Bonchev–Trinajstić information content (AvgIpc) is 3.43. The van der Waals surface area contributed by atoms with Gasteiger partial charge < -0.3 is 20.4 Å². The third kappa shape index (κ3) is 3.13. The second kappa shape index (κ2) is 6.22. The number of nitrogens with zero attached hydrogens (tertiary/aromatic N) is 1. The summed E-state index contributed by atoms with van der Waals surface area (Å²) < 4.78 is 5.72. The molecule has 0 unspecified atom stereocenters. The molecule has 0 spiro atoms. The summed E-state index contributed by atoms with van der Waals surface area (Å²) in [5.74, 6) is 0.840. The van der Waals surface area contributed by atoms with Gasteiger partial charge in [-0.3, -0.25) is 4.79 Å². The Labute approximate surface area is 149 Å². The van der Waals surface area contributed by atoms with Gasteiger partial charge in [-0.25, -0.2) is 4.99 Å². The van der Waals surface area contributed by atoms with Crippen LogP contribution in [-0.2, 0) is 0 Å². The van der Waals surface area contributed by atoms with Gasteiger partial charge in [0.1, 0.15) is 11.3 Å². The zero-order valence-corrected chi connectivity index (χ0v) is 14.0. The molecule has 1 aliphatic carbocycles. The molecule has 0 aliphatic heterocycles. The summed E-state index contributed by atoms with van der Waals surface area (Å²) in [5, 5.41) is 19.9. The highest BCUT2D eigenvalue weighted by Crippen LogP contribution is 2.34. The van der Waals surface area contributed by atoms with Gasteiger partial charge in [-0.1, -0.05) is 0 Å². The zero-order valence-electron chi connectivity index (χ0n) is 14.0. The summed E-state index contributed by atoms with van der Waals surface area (Å²) in [6, 6.07) is 11.0. The summed E-state index contributed by atoms with van der Waals surface area (Å²) in [6.07, 6.45) is 3.13. The van der Waals surface area contributed by atoms with Crippen molar-refractivity contribution in [1.82, 2.24) is 0 Å². The number of nitrogens with two attached hydrogens (primary N) is 1. The third-order valence-corrected chi connectivity index (χ3v) is 4.45. The maximum atomic E-state index is 12.6. The van der Waals surface area contributed by atoms with E-state index >= 15 is 0 Å². The fourth-order valence-electron chi connectivity index (χ4n) is 2.88. The molecule has 2 aromatic carbocycles. The molecule has 0 amide bonds. The first kappa shape index (κ1) is 16.2. The fourth-order valence-corrected chi connectivity index (χ4v) is 2.88. The molecule has 4 rings (SSSR count). The number of hydrogen-bond acceptors (Lipinski definition) is 5. The van der Waals surface area contributed by atoms with Crippen molar-refractivity contribution in [2.75, 3.05) is 0 Å². The van der Waals surface area contributed by atoms with E-state index in [4.69, 9.17) is 10.2 Å². The Balaban J connectivity index is 1.77. The molecule has 1 saturated carbocycles. The predicted molar refractivity (Wildman–Crippen MR) is 99.9 cm³/mol. The summed E-state index contributed by atoms with van der Waals surface area (Å²) >= 11 is 0. The largest absolute Gasteiger partial charge is 0.508 e. The molecular weight excluding hydrogens is 332 g/mol. The van der Waals surface area contributed by atoms with Crippen LogP contribution in [0.3, 0.4) is 0 Å². The highest BCUT2D eigenvalue weighted by Gasteiger charge is 2.22. The van der Waals surface area contributed by atoms with Gasteiger partial charge in [0.05, 0.1) is 16.9 Å². The number of hydrogen-bond donors (Lipinski definition) is 3. The number of rotatable bonds is 4. The Morgan fingerprint density at radius 1 is 1.15 bits per heavy atom. The van der Waals surface area contributed by atoms with Crippen LogP contribution in [-0.4, -0.2) is 16.0 Å². The molecule has 6 heteroatoms. The SMILES string of the molecule is NC(CC1CC1)=Nc1ccc2oc(-c3ccc(O)cc3)c(O)c(=O)c2c1. The van der Waals surface area contributed by atoms with Crippen LogP contribution >= 0.6 is 0 Å². The molecule has 132 valence electrons. The highest BCUT2D eigenvalue weighted by atomic mass is 16.4. The Morgan fingerprint density at radius 2 is 1.88 bits per heavy atom. The monoisotopic (exact) mass is 350 g/mol. The first-order valence-corrected chi connectivity index (χ1v) is 8.43. The normalized spacial score (nSPS) is 14.7. The Kier molecular flexibility index (Phi) is 3.88. The molecule has 0 bridgehead atoms. The van der Waals surface area contributed by atoms with Crippen molar-refractivity contribution in [1.29, 1.82) is 0 Å². The van der Waals surface area contributed by atoms with E-state index in [9.17, 15) is 15.0 Å². The lowest BCUT2D eigenvalue weighted by molar-refractivity contribution is 0.449. The molecule has 6 nitrogen and oxygen atoms in total. The van der Waals surface area contributed by atoms with Gasteiger partial charge in [0, 0.05) is 12.0 Å². The summed E-state index contributed by atoms with van der Waals surface area (Å²) in [4.78, 5) is 16.9. The van der Waals surface area contributed by atoms with Gasteiger partial charge in [0.25, 0.3) is 0 Å². The third-order valence-electron chi connectivity index (χ3n) is 4.45. The number of benzene rings is 2. The lowest BCUT2D eigenvalue weighted by Gasteiger charge is -2.07. The Hall–Kier alpha value is -3.28. The van der Waals surface area contributed by atoms with E-state index in [1.807, 2.05) is 0 Å². The number of amidine groups is 1. The maximum absolute atomic E-state index is 12.6. The van der Waals surface area contributed by atoms with Crippen molar-refractivity contribution in [3.63, 3.8) is 0 Å². The fraction of sp³-hybridized carbons (Fsp3) is 0.200. The van der Waals surface area contributed by atoms with Crippen molar-refractivity contribution in [2.45, 2.75) is 19.3 Å². The van der Waals surface area contributed by atoms with Crippen LogP contribution < -0.4 is 11.2 Å². The lowest BCUT2D eigenvalue weighted by Crippen LogP contribution is -2.11. The molecule has 1 heterocycles. The standard InChI is InChI=1S/C20H18N2O4/c21-17(9-11-1-2-11)22-13-5-8-16-15(10-13)18(24)19(25)20(26-16)12-3-6-14(23)7-4-12/h3-8,10-11,23,25H,1-2,9H2,(H2,21,22). The average molecular weight is 350 g/mol. The molecular formula is C20H18N2O4. The zero-order chi connectivity index (χ0) is 18.3. The van der Waals surface area contributed by atoms with Crippen LogP contribution in [0.2, 0.25) is 0 Å². The van der Waals surface area contributed by atoms with E-state index < -0.39 is 11.2 Å². The lowest BCUT2D eigenvalue weighted by atomic mass is 10.1. The van der Waals surface area contributed by atoms with E-state index in [0.29, 0.717) is 28.6 Å². The van der Waals surface area contributed by atoms with Crippen molar-refractivity contribution in [3.8, 4) is 22.8 Å². The van der Waals surface area contributed by atoms with Crippen molar-refractivity contribution < 1.29 is 14.6 Å². The van der Waals surface area contributed by atoms with Gasteiger partial charge in [-0.2, -0.15) is 0 Å². The van der Waals surface area contributed by atoms with Gasteiger partial charge >= 0.3 is 0 Å². The van der Waals surface area contributed by atoms with E-state index in [0.717, 1.165) is 6.42 Å². The van der Waals surface area contributed by atoms with Crippen LogP contribution in [0.25, 0.3) is 22.3 Å². The minimum absolute atomic E-state index is 0.0620. The van der Waals surface area contributed by atoms with E-state index in [1.54, 1.807) is 30.3 Å². The smallest absolute Gasteiger partial charge is 0.235 e. The molecule has 0 atom stereocenters. The van der Waals surface area contributed by atoms with Crippen LogP contribution in [0, 0.1) is 5.92 Å². The molecule has 0 radical (unpaired) electrons. The van der Waals surface area contributed by atoms with Crippen LogP contribution in [0.4, 0.5) is 5.69 Å². The topological polar surface area (TPSA) is 109 Å². The molecule has 1 aliphatic rings. The number of phenols is 1. The number of aromatic hydroxyl groups is 2. The van der Waals surface area contributed by atoms with Gasteiger partial charge in [0.15, 0.2) is 5.76 Å². The molecule has 1 aromatic heterocycles. The molecule has 26 heavy (non-hydrogen) atoms. The number of phenolic OH excluding ortho intramolecular Hbond substituents is 1. The van der Waals surface area contributed by atoms with E-state index in [1.165, 1.54) is 25.0 Å². The predicted octanol–water partition coefficient (Wildman–Crippen LogP) is 3.66. The maximum Gasteiger partial charge on any atom is 0.235 e. The summed E-state index contributed by atoms with van der Waals surface area (Å²) in [5.41, 5.74) is 6.81. The van der Waals surface area contributed by atoms with Crippen molar-refractivity contribution in [3.05, 3.63) is 52.7 Å². The highest BCUT2D eigenvalue weighted by molar-refractivity contribution is 5.87. The first-order chi connectivity index (χ1) is 12.5. The van der Waals surface area contributed by atoms with Gasteiger partial charge in [0.2, 0.25) is 11.2 Å². The van der Waals surface area contributed by atoms with Crippen molar-refractivity contribution in [2.24, 2.45) is 16.6 Å². The van der Waals surface area contributed by atoms with Crippen LogP contribution in [0.15, 0.2) is 56.7 Å². The van der Waals surface area contributed by atoms with Crippen LogP contribution in [0.1, 0.15) is 19.3 Å². The minimum Gasteiger partial charge on any atom is -0.508 e. The molecule has 1 fully saturated rings. The molecule has 4 N–H and O–H groups in total. The van der Waals surface area contributed by atoms with E-state index in [2.05, 4.69) is 4.99 Å². The number of fused-ring (bicyclic) bond motifs is 1. The Bertz CT molecular complexity index is 1060. The second-order valence-corrected chi connectivity index (χ2v) is 6.59. The minimum atomic E-state index is -0.535. The molecule has 0 saturated heterocycles. The second-order valence-electron chi connectivity index (χ2n) is 6.59. The summed E-state index contributed by atoms with van der Waals surface area (Å²) in [6.45, 7) is 0. The first-order valence-electron chi connectivity index (χ1n) is 8.43. The number of aliphatic imine (C=N–C) groups is 1. The Morgan fingerprint density at radius 3 is 2.58 bits per heavy atom. The van der Waals surface area contributed by atoms with Crippen LogP contribution in [0.5, 0.6) is 11.5 Å². The van der Waals surface area contributed by atoms with E-state index in [-0.39, 0.29) is 16.9 Å². The van der Waals surface area contributed by atoms with Gasteiger partial charge in [-0.15, -0.1) is 0 Å². The summed E-state index contributed by atoms with van der Waals surface area (Å²) in [7, 11) is 0.